The molecule has 1 aromatic heterocycles. The van der Waals surface area contributed by atoms with Gasteiger partial charge in [-0.15, -0.1) is 6.42 Å². The molecule has 0 aliphatic heterocycles. The Hall–Kier alpha value is -0.840. The van der Waals surface area contributed by atoms with Crippen LogP contribution in [0.15, 0.2) is 4.60 Å². The normalized spacial score (nSPS) is 8.30. The zero-order valence-corrected chi connectivity index (χ0v) is 7.16. The Morgan fingerprint density at radius 2 is 2.40 bits per heavy atom. The quantitative estimate of drug-likeness (QED) is 0.615. The third kappa shape index (κ3) is 1.04. The van der Waals surface area contributed by atoms with Gasteiger partial charge < -0.3 is 0 Å². The van der Waals surface area contributed by atoms with Crippen LogP contribution in [0.25, 0.3) is 0 Å². The van der Waals surface area contributed by atoms with Crippen LogP contribution in [0.1, 0.15) is 10.4 Å². The van der Waals surface area contributed by atoms with Crippen molar-refractivity contribution < 1.29 is 0 Å². The van der Waals surface area contributed by atoms with Crippen molar-refractivity contribution in [2.75, 3.05) is 0 Å². The van der Waals surface area contributed by atoms with Crippen molar-refractivity contribution in [1.82, 2.24) is 4.37 Å². The first-order chi connectivity index (χ1) is 4.79. The molecular formula is C6HBrN2S. The third-order valence-electron chi connectivity index (χ3n) is 0.893. The summed E-state index contributed by atoms with van der Waals surface area (Å²) in [5.74, 6) is 2.37. The number of nitrogens with zero attached hydrogens (tertiary/aromatic N) is 2. The Morgan fingerprint density at radius 1 is 1.70 bits per heavy atom. The first kappa shape index (κ1) is 7.27. The van der Waals surface area contributed by atoms with Gasteiger partial charge in [0.1, 0.15) is 21.1 Å². The van der Waals surface area contributed by atoms with Gasteiger partial charge in [0, 0.05) is 0 Å². The van der Waals surface area contributed by atoms with Crippen LogP contribution in [0.3, 0.4) is 0 Å². The van der Waals surface area contributed by atoms with E-state index in [1.165, 1.54) is 0 Å². The third-order valence-corrected chi connectivity index (χ3v) is 2.48. The van der Waals surface area contributed by atoms with Gasteiger partial charge in [-0.05, 0) is 27.5 Å². The molecule has 0 amide bonds. The summed E-state index contributed by atoms with van der Waals surface area (Å²) in [7, 11) is 0. The molecular weight excluding hydrogens is 212 g/mol. The summed E-state index contributed by atoms with van der Waals surface area (Å²) >= 11 is 4.24. The van der Waals surface area contributed by atoms with Gasteiger partial charge in [-0.25, -0.2) is 0 Å². The molecule has 0 spiro atoms. The van der Waals surface area contributed by atoms with Crippen LogP contribution in [0, 0.1) is 23.7 Å². The Labute approximate surface area is 70.8 Å². The molecule has 10 heavy (non-hydrogen) atoms. The minimum Gasteiger partial charge on any atom is -0.192 e. The zero-order valence-electron chi connectivity index (χ0n) is 4.76. The Morgan fingerprint density at radius 3 is 2.80 bits per heavy atom. The molecule has 1 aromatic rings. The molecule has 0 aliphatic rings. The predicted octanol–water partition coefficient (Wildman–Crippen LogP) is 1.76. The molecule has 0 bridgehead atoms. The zero-order chi connectivity index (χ0) is 7.56. The number of terminal acetylenes is 1. The van der Waals surface area contributed by atoms with E-state index in [-0.39, 0.29) is 0 Å². The van der Waals surface area contributed by atoms with Crippen molar-refractivity contribution in [2.24, 2.45) is 0 Å². The first-order valence-corrected chi connectivity index (χ1v) is 3.88. The molecule has 1 heterocycles. The summed E-state index contributed by atoms with van der Waals surface area (Å²) in [4.78, 5) is 0.578. The Balaban J connectivity index is 3.34. The van der Waals surface area contributed by atoms with E-state index in [1.807, 2.05) is 6.07 Å². The van der Waals surface area contributed by atoms with E-state index in [9.17, 15) is 0 Å². The smallest absolute Gasteiger partial charge is 0.139 e. The summed E-state index contributed by atoms with van der Waals surface area (Å²) in [5, 5.41) is 8.51. The highest BCUT2D eigenvalue weighted by Gasteiger charge is 2.07. The molecule has 0 saturated heterocycles. The van der Waals surface area contributed by atoms with E-state index in [0.717, 1.165) is 11.5 Å². The van der Waals surface area contributed by atoms with E-state index < -0.39 is 0 Å². The van der Waals surface area contributed by atoms with Crippen molar-refractivity contribution in [3.63, 3.8) is 0 Å². The van der Waals surface area contributed by atoms with Crippen LogP contribution in [0.2, 0.25) is 0 Å². The molecule has 0 fully saturated rings. The monoisotopic (exact) mass is 212 g/mol. The molecule has 0 radical (unpaired) electrons. The van der Waals surface area contributed by atoms with Gasteiger partial charge in [0.25, 0.3) is 0 Å². The summed E-state index contributed by atoms with van der Waals surface area (Å²) in [5.41, 5.74) is 0.451. The molecule has 0 aliphatic carbocycles. The highest BCUT2D eigenvalue weighted by atomic mass is 79.9. The molecule has 0 N–H and O–H groups in total. The number of nitriles is 1. The second-order valence-electron chi connectivity index (χ2n) is 1.43. The Bertz CT molecular complexity index is 328. The van der Waals surface area contributed by atoms with Gasteiger partial charge in [0.05, 0.1) is 0 Å². The lowest BCUT2D eigenvalue weighted by molar-refractivity contribution is 1.42. The summed E-state index contributed by atoms with van der Waals surface area (Å²) in [6.07, 6.45) is 5.09. The van der Waals surface area contributed by atoms with Crippen molar-refractivity contribution >= 4 is 27.5 Å². The molecule has 2 nitrogen and oxygen atoms in total. The lowest BCUT2D eigenvalue weighted by Gasteiger charge is -1.78. The van der Waals surface area contributed by atoms with Crippen molar-refractivity contribution in [1.29, 1.82) is 5.26 Å². The molecule has 0 aromatic carbocycles. The topological polar surface area (TPSA) is 36.7 Å². The summed E-state index contributed by atoms with van der Waals surface area (Å²) < 4.78 is 4.39. The van der Waals surface area contributed by atoms with Gasteiger partial charge >= 0.3 is 0 Å². The second kappa shape index (κ2) is 2.83. The first-order valence-electron chi connectivity index (χ1n) is 2.31. The minimum absolute atomic E-state index is 0.451. The molecule has 0 atom stereocenters. The maximum atomic E-state index is 8.51. The number of hydrogen-bond acceptors (Lipinski definition) is 3. The summed E-state index contributed by atoms with van der Waals surface area (Å²) in [6, 6.07) is 1.95. The lowest BCUT2D eigenvalue weighted by Crippen LogP contribution is -1.72. The van der Waals surface area contributed by atoms with Crippen molar-refractivity contribution in [3.05, 3.63) is 15.0 Å². The van der Waals surface area contributed by atoms with Gasteiger partial charge in [0.2, 0.25) is 0 Å². The van der Waals surface area contributed by atoms with E-state index in [1.54, 1.807) is 0 Å². The average Bonchev–Trinajstić information content (AvgIpc) is 2.30. The molecule has 0 saturated carbocycles. The average molecular weight is 213 g/mol. The molecule has 4 heteroatoms. The second-order valence-corrected chi connectivity index (χ2v) is 2.96. The van der Waals surface area contributed by atoms with E-state index in [0.29, 0.717) is 15.0 Å². The van der Waals surface area contributed by atoms with Crippen LogP contribution in [-0.2, 0) is 0 Å². The fourth-order valence-corrected chi connectivity index (χ4v) is 1.65. The van der Waals surface area contributed by atoms with Crippen LogP contribution in [0.4, 0.5) is 0 Å². The standard InChI is InChI=1S/C6HBrN2S/c1-2-5-4(3-8)6(7)9-10-5/h1H. The van der Waals surface area contributed by atoms with E-state index in [4.69, 9.17) is 11.7 Å². The van der Waals surface area contributed by atoms with Gasteiger partial charge in [-0.2, -0.15) is 9.64 Å². The molecule has 1 rings (SSSR count). The van der Waals surface area contributed by atoms with E-state index in [2.05, 4.69) is 26.2 Å². The fraction of sp³-hybridized carbons (Fsp3) is 0. The van der Waals surface area contributed by atoms with Gasteiger partial charge in [0.15, 0.2) is 0 Å². The van der Waals surface area contributed by atoms with Gasteiger partial charge in [-0.3, -0.25) is 0 Å². The van der Waals surface area contributed by atoms with Crippen LogP contribution in [0.5, 0.6) is 0 Å². The maximum absolute atomic E-state index is 8.51. The van der Waals surface area contributed by atoms with Crippen LogP contribution < -0.4 is 0 Å². The number of aromatic nitrogens is 1. The molecule has 48 valence electrons. The van der Waals surface area contributed by atoms with Crippen LogP contribution in [-0.4, -0.2) is 4.37 Å². The predicted molar refractivity (Wildman–Crippen MR) is 42.5 cm³/mol. The van der Waals surface area contributed by atoms with Gasteiger partial charge in [-0.1, -0.05) is 5.92 Å². The SMILES string of the molecule is C#Cc1snc(Br)c1C#N. The van der Waals surface area contributed by atoms with Crippen molar-refractivity contribution in [3.8, 4) is 18.4 Å². The largest absolute Gasteiger partial charge is 0.192 e. The minimum atomic E-state index is 0.451. The lowest BCUT2D eigenvalue weighted by atomic mass is 10.3. The van der Waals surface area contributed by atoms with Crippen molar-refractivity contribution in [2.45, 2.75) is 0 Å². The highest BCUT2D eigenvalue weighted by molar-refractivity contribution is 9.10. The van der Waals surface area contributed by atoms with Crippen LogP contribution >= 0.6 is 27.5 Å². The Kier molecular flexibility index (Phi) is 2.06. The maximum Gasteiger partial charge on any atom is 0.139 e. The van der Waals surface area contributed by atoms with E-state index >= 15 is 0 Å². The fourth-order valence-electron chi connectivity index (χ4n) is 0.466. The number of hydrogen-bond donors (Lipinski definition) is 0. The molecule has 0 unspecified atom stereocenters. The number of rotatable bonds is 0. The highest BCUT2D eigenvalue weighted by Crippen LogP contribution is 2.21. The number of halogens is 1. The summed E-state index contributed by atoms with van der Waals surface area (Å²) in [6.45, 7) is 0.